The number of amides is 1. The average Bonchev–Trinajstić information content (AvgIpc) is 2.62. The molecular weight excluding hydrogens is 360 g/mol. The number of unbranched alkanes of at least 4 members (excludes halogenated alkanes) is 3. The van der Waals surface area contributed by atoms with E-state index in [1.165, 1.54) is 29.3 Å². The summed E-state index contributed by atoms with van der Waals surface area (Å²) >= 11 is 5.82. The minimum Gasteiger partial charge on any atom is -0.356 e. The Bertz CT molecular complexity index is 653. The standard InChI is InChI=1S/C18H27ClN2O3S/c1-2-3-4-5-12-20-18(22)15-10-13-21(14-11-15)25(23,24)17-8-6-16(19)7-9-17/h6-9,15H,2-5,10-14H2,1H3,(H,20,22). The van der Waals surface area contributed by atoms with E-state index in [2.05, 4.69) is 12.2 Å². The Morgan fingerprint density at radius 2 is 1.80 bits per heavy atom. The molecule has 7 heteroatoms. The number of halogens is 1. The molecule has 5 nitrogen and oxygen atoms in total. The van der Waals surface area contributed by atoms with E-state index in [-0.39, 0.29) is 16.7 Å². The molecule has 25 heavy (non-hydrogen) atoms. The molecule has 0 bridgehead atoms. The second-order valence-electron chi connectivity index (χ2n) is 6.48. The van der Waals surface area contributed by atoms with Gasteiger partial charge >= 0.3 is 0 Å². The molecule has 0 atom stereocenters. The number of carbonyl (C=O) groups excluding carboxylic acids is 1. The predicted molar refractivity (Wildman–Crippen MR) is 100 cm³/mol. The molecule has 140 valence electrons. The monoisotopic (exact) mass is 386 g/mol. The SMILES string of the molecule is CCCCCCNC(=O)C1CCN(S(=O)(=O)c2ccc(Cl)cc2)CC1. The highest BCUT2D eigenvalue weighted by molar-refractivity contribution is 7.89. The first-order valence-electron chi connectivity index (χ1n) is 8.98. The molecule has 2 rings (SSSR count). The molecule has 1 saturated heterocycles. The Kier molecular flexibility index (Phi) is 7.72. The summed E-state index contributed by atoms with van der Waals surface area (Å²) in [5.74, 6) is -0.0390. The molecule has 0 unspecified atom stereocenters. The van der Waals surface area contributed by atoms with E-state index in [4.69, 9.17) is 11.6 Å². The second kappa shape index (κ2) is 9.55. The van der Waals surface area contributed by atoms with Crippen LogP contribution in [0.3, 0.4) is 0 Å². The zero-order valence-electron chi connectivity index (χ0n) is 14.7. The van der Waals surface area contributed by atoms with Crippen molar-refractivity contribution in [2.24, 2.45) is 5.92 Å². The quantitative estimate of drug-likeness (QED) is 0.696. The van der Waals surface area contributed by atoms with Crippen LogP contribution >= 0.6 is 11.6 Å². The largest absolute Gasteiger partial charge is 0.356 e. The van der Waals surface area contributed by atoms with Gasteiger partial charge in [0.2, 0.25) is 15.9 Å². The van der Waals surface area contributed by atoms with Crippen molar-refractivity contribution in [2.75, 3.05) is 19.6 Å². The van der Waals surface area contributed by atoms with Gasteiger partial charge < -0.3 is 5.32 Å². The van der Waals surface area contributed by atoms with Crippen LogP contribution in [0.5, 0.6) is 0 Å². The Hall–Kier alpha value is -1.11. The number of piperidine rings is 1. The van der Waals surface area contributed by atoms with Gasteiger partial charge in [-0.15, -0.1) is 0 Å². The summed E-state index contributed by atoms with van der Waals surface area (Å²) in [4.78, 5) is 12.4. The molecule has 1 aliphatic rings. The predicted octanol–water partition coefficient (Wildman–Crippen LogP) is 3.44. The van der Waals surface area contributed by atoms with E-state index in [1.54, 1.807) is 12.1 Å². The van der Waals surface area contributed by atoms with E-state index < -0.39 is 10.0 Å². The van der Waals surface area contributed by atoms with Gasteiger partial charge in [-0.3, -0.25) is 4.79 Å². The molecule has 1 N–H and O–H groups in total. The molecule has 0 radical (unpaired) electrons. The smallest absolute Gasteiger partial charge is 0.243 e. The number of nitrogens with zero attached hydrogens (tertiary/aromatic N) is 1. The van der Waals surface area contributed by atoms with Crippen LogP contribution < -0.4 is 5.32 Å². The highest BCUT2D eigenvalue weighted by atomic mass is 35.5. The van der Waals surface area contributed by atoms with E-state index in [9.17, 15) is 13.2 Å². The van der Waals surface area contributed by atoms with Gasteiger partial charge in [-0.25, -0.2) is 8.42 Å². The van der Waals surface area contributed by atoms with Crippen molar-refractivity contribution in [3.63, 3.8) is 0 Å². The van der Waals surface area contributed by atoms with E-state index in [1.807, 2.05) is 0 Å². The number of hydrogen-bond acceptors (Lipinski definition) is 3. The van der Waals surface area contributed by atoms with E-state index in [0.717, 1.165) is 12.8 Å². The maximum Gasteiger partial charge on any atom is 0.243 e. The van der Waals surface area contributed by atoms with Crippen LogP contribution in [0.2, 0.25) is 5.02 Å². The molecule has 0 spiro atoms. The van der Waals surface area contributed by atoms with Crippen molar-refractivity contribution in [3.8, 4) is 0 Å². The zero-order valence-corrected chi connectivity index (χ0v) is 16.3. The average molecular weight is 387 g/mol. The number of carbonyl (C=O) groups is 1. The lowest BCUT2D eigenvalue weighted by Crippen LogP contribution is -2.43. The molecular formula is C18H27ClN2O3S. The summed E-state index contributed by atoms with van der Waals surface area (Å²) in [5.41, 5.74) is 0. The lowest BCUT2D eigenvalue weighted by atomic mass is 9.97. The Labute approximate surface area is 155 Å². The summed E-state index contributed by atoms with van der Waals surface area (Å²) in [6.07, 6.45) is 5.63. The summed E-state index contributed by atoms with van der Waals surface area (Å²) in [6, 6.07) is 6.19. The van der Waals surface area contributed by atoms with Crippen LogP contribution in [0.1, 0.15) is 45.4 Å². The minimum atomic E-state index is -3.51. The number of rotatable bonds is 8. The van der Waals surface area contributed by atoms with Crippen LogP contribution in [0.25, 0.3) is 0 Å². The summed E-state index contributed by atoms with van der Waals surface area (Å²) in [6.45, 7) is 3.62. The third-order valence-electron chi connectivity index (χ3n) is 4.61. The van der Waals surface area contributed by atoms with Crippen LogP contribution in [-0.4, -0.2) is 38.3 Å². The van der Waals surface area contributed by atoms with Crippen molar-refractivity contribution in [1.29, 1.82) is 0 Å². The zero-order chi connectivity index (χ0) is 18.3. The maximum absolute atomic E-state index is 12.6. The first kappa shape index (κ1) is 20.2. The van der Waals surface area contributed by atoms with Gasteiger partial charge in [-0.05, 0) is 43.5 Å². The van der Waals surface area contributed by atoms with Crippen molar-refractivity contribution >= 4 is 27.5 Å². The summed E-state index contributed by atoms with van der Waals surface area (Å²) in [7, 11) is -3.51. The Balaban J connectivity index is 1.82. The summed E-state index contributed by atoms with van der Waals surface area (Å²) in [5, 5.41) is 3.49. The third kappa shape index (κ3) is 5.69. The lowest BCUT2D eigenvalue weighted by molar-refractivity contribution is -0.126. The number of nitrogens with one attached hydrogen (secondary N) is 1. The van der Waals surface area contributed by atoms with Crippen molar-refractivity contribution < 1.29 is 13.2 Å². The number of sulfonamides is 1. The fraction of sp³-hybridized carbons (Fsp3) is 0.611. The van der Waals surface area contributed by atoms with Crippen LogP contribution in [0.4, 0.5) is 0 Å². The molecule has 1 fully saturated rings. The lowest BCUT2D eigenvalue weighted by Gasteiger charge is -2.30. The normalized spacial score (nSPS) is 16.7. The first-order chi connectivity index (χ1) is 11.9. The third-order valence-corrected chi connectivity index (χ3v) is 6.77. The molecule has 1 heterocycles. The fourth-order valence-corrected chi connectivity index (χ4v) is 4.62. The van der Waals surface area contributed by atoms with E-state index in [0.29, 0.717) is 37.5 Å². The number of benzene rings is 1. The molecule has 0 saturated carbocycles. The van der Waals surface area contributed by atoms with Gasteiger partial charge in [0, 0.05) is 30.6 Å². The minimum absolute atomic E-state index is 0.0556. The maximum atomic E-state index is 12.6. The van der Waals surface area contributed by atoms with Crippen LogP contribution in [0, 0.1) is 5.92 Å². The first-order valence-corrected chi connectivity index (χ1v) is 10.8. The molecule has 1 aromatic carbocycles. The Morgan fingerprint density at radius 1 is 1.16 bits per heavy atom. The number of hydrogen-bond donors (Lipinski definition) is 1. The van der Waals surface area contributed by atoms with Crippen LogP contribution in [-0.2, 0) is 14.8 Å². The topological polar surface area (TPSA) is 66.5 Å². The van der Waals surface area contributed by atoms with Gasteiger partial charge in [0.25, 0.3) is 0 Å². The molecule has 0 aromatic heterocycles. The molecule has 1 amide bonds. The van der Waals surface area contributed by atoms with Crippen molar-refractivity contribution in [3.05, 3.63) is 29.3 Å². The molecule has 1 aromatic rings. The second-order valence-corrected chi connectivity index (χ2v) is 8.86. The fourth-order valence-electron chi connectivity index (χ4n) is 3.02. The summed E-state index contributed by atoms with van der Waals surface area (Å²) < 4.78 is 26.7. The van der Waals surface area contributed by atoms with Crippen LogP contribution in [0.15, 0.2) is 29.2 Å². The van der Waals surface area contributed by atoms with Gasteiger partial charge in [-0.2, -0.15) is 4.31 Å². The van der Waals surface area contributed by atoms with E-state index >= 15 is 0 Å². The highest BCUT2D eigenvalue weighted by Gasteiger charge is 2.31. The molecule has 1 aliphatic heterocycles. The van der Waals surface area contributed by atoms with Gasteiger partial charge in [0.05, 0.1) is 4.90 Å². The van der Waals surface area contributed by atoms with Gasteiger partial charge in [0.1, 0.15) is 0 Å². The van der Waals surface area contributed by atoms with Crippen molar-refractivity contribution in [1.82, 2.24) is 9.62 Å². The highest BCUT2D eigenvalue weighted by Crippen LogP contribution is 2.24. The van der Waals surface area contributed by atoms with Crippen molar-refractivity contribution in [2.45, 2.75) is 50.3 Å². The Morgan fingerprint density at radius 3 is 2.40 bits per heavy atom. The molecule has 0 aliphatic carbocycles. The van der Waals surface area contributed by atoms with Gasteiger partial charge in [0.15, 0.2) is 0 Å². The van der Waals surface area contributed by atoms with Gasteiger partial charge in [-0.1, -0.05) is 37.8 Å².